The molecule has 116 valence electrons. The van der Waals surface area contributed by atoms with Gasteiger partial charge in [0.2, 0.25) is 10.9 Å². The number of carbonyl (C=O) groups excluding carboxylic acids is 2. The fourth-order valence-corrected chi connectivity index (χ4v) is 2.12. The van der Waals surface area contributed by atoms with E-state index < -0.39 is 5.43 Å². The molecule has 0 bridgehead atoms. The van der Waals surface area contributed by atoms with E-state index in [9.17, 15) is 19.2 Å². The Balaban J connectivity index is 0.000000219. The lowest BCUT2D eigenvalue weighted by Crippen LogP contribution is -2.36. The molecule has 2 aromatic rings. The number of nitrogens with zero attached hydrogens (tertiary/aromatic N) is 1. The Labute approximate surface area is 128 Å². The smallest absolute Gasteiger partial charge is 0.261 e. The molecule has 1 heterocycles. The van der Waals surface area contributed by atoms with Gasteiger partial charge in [-0.3, -0.25) is 24.1 Å². The first kappa shape index (κ1) is 17.3. The Kier molecular flexibility index (Phi) is 4.98. The maximum absolute atomic E-state index is 11.3. The molecule has 0 atom stereocenters. The molecule has 3 rings (SSSR count). The highest BCUT2D eigenvalue weighted by molar-refractivity contribution is 6.21. The number of hydrogen-bond acceptors (Lipinski definition) is 5. The third-order valence-corrected chi connectivity index (χ3v) is 3.40. The van der Waals surface area contributed by atoms with Gasteiger partial charge in [-0.2, -0.15) is 0 Å². The van der Waals surface area contributed by atoms with Gasteiger partial charge < -0.3 is 5.32 Å². The van der Waals surface area contributed by atoms with Crippen molar-refractivity contribution in [2.75, 3.05) is 19.4 Å². The van der Waals surface area contributed by atoms with Crippen LogP contribution in [0, 0.1) is 6.92 Å². The third kappa shape index (κ3) is 2.55. The van der Waals surface area contributed by atoms with Gasteiger partial charge in [-0.05, 0) is 19.1 Å². The van der Waals surface area contributed by atoms with Gasteiger partial charge in [0, 0.05) is 19.7 Å². The zero-order chi connectivity index (χ0) is 15.7. The van der Waals surface area contributed by atoms with Crippen LogP contribution in [0.25, 0.3) is 0 Å². The molecule has 0 unspecified atom stereocenters. The van der Waals surface area contributed by atoms with Crippen LogP contribution in [-0.2, 0) is 0 Å². The molecule has 0 spiro atoms. The molecule has 6 nitrogen and oxygen atoms in total. The molecule has 1 aliphatic rings. The molecule has 0 saturated heterocycles. The second-order valence-corrected chi connectivity index (χ2v) is 4.62. The average molecular weight is 302 g/mol. The second-order valence-electron chi connectivity index (χ2n) is 4.62. The van der Waals surface area contributed by atoms with Crippen molar-refractivity contribution in [3.63, 3.8) is 0 Å². The number of rotatable bonds is 1. The fourth-order valence-electron chi connectivity index (χ4n) is 2.12. The summed E-state index contributed by atoms with van der Waals surface area (Å²) in [7, 11) is 3.12. The molecule has 0 saturated carbocycles. The first-order valence-electron chi connectivity index (χ1n) is 6.29. The normalized spacial score (nSPS) is 12.4. The van der Waals surface area contributed by atoms with E-state index in [1.165, 1.54) is 7.05 Å². The van der Waals surface area contributed by atoms with E-state index in [1.54, 1.807) is 38.2 Å². The quantitative estimate of drug-likeness (QED) is 0.632. The number of nitrogens with one attached hydrogen (secondary N) is 1. The largest absolute Gasteiger partial charge is 0.385 e. The van der Waals surface area contributed by atoms with Crippen molar-refractivity contribution < 1.29 is 9.59 Å². The molecule has 1 aliphatic heterocycles. The lowest BCUT2D eigenvalue weighted by molar-refractivity contribution is 0.0693. The highest BCUT2D eigenvalue weighted by Crippen LogP contribution is 2.20. The monoisotopic (exact) mass is 302 g/mol. The Hall–Kier alpha value is -2.76. The van der Waals surface area contributed by atoms with Crippen LogP contribution in [0.3, 0.4) is 0 Å². The molecule has 2 aromatic carbocycles. The molecular formula is C16H18N2O4. The summed E-state index contributed by atoms with van der Waals surface area (Å²) in [5.41, 5.74) is 1.26. The highest BCUT2D eigenvalue weighted by Gasteiger charge is 2.31. The van der Waals surface area contributed by atoms with Crippen LogP contribution in [0.1, 0.15) is 33.7 Å². The van der Waals surface area contributed by atoms with Crippen LogP contribution in [0.2, 0.25) is 0 Å². The molecule has 22 heavy (non-hydrogen) atoms. The minimum absolute atomic E-state index is 0. The second kappa shape index (κ2) is 6.34. The Morgan fingerprint density at radius 2 is 1.36 bits per heavy atom. The SMILES string of the molecule is C.CN1C(=O)c2ccccc2C1=O.CNc1c(C)c(=O)c1=O. The van der Waals surface area contributed by atoms with Crippen molar-refractivity contribution >= 4 is 17.5 Å². The maximum Gasteiger partial charge on any atom is 0.261 e. The summed E-state index contributed by atoms with van der Waals surface area (Å²) in [5.74, 6) is -0.425. The molecule has 2 amide bonds. The van der Waals surface area contributed by atoms with Crippen molar-refractivity contribution in [2.24, 2.45) is 0 Å². The van der Waals surface area contributed by atoms with Gasteiger partial charge in [-0.1, -0.05) is 19.6 Å². The van der Waals surface area contributed by atoms with Crippen LogP contribution in [0.4, 0.5) is 5.69 Å². The predicted molar refractivity (Wildman–Crippen MR) is 85.2 cm³/mol. The van der Waals surface area contributed by atoms with Gasteiger partial charge in [-0.15, -0.1) is 0 Å². The number of benzene rings is 1. The van der Waals surface area contributed by atoms with Crippen LogP contribution in [0.5, 0.6) is 0 Å². The van der Waals surface area contributed by atoms with E-state index in [0.29, 0.717) is 22.4 Å². The number of amides is 2. The van der Waals surface area contributed by atoms with E-state index in [-0.39, 0.29) is 24.7 Å². The van der Waals surface area contributed by atoms with E-state index >= 15 is 0 Å². The molecule has 0 aliphatic carbocycles. The minimum Gasteiger partial charge on any atom is -0.385 e. The standard InChI is InChI=1S/C9H7NO2.C6H7NO2.CH4/c1-10-8(11)6-4-2-3-5-7(6)9(10)12;1-3-4(7-2)6(9)5(3)8;/h2-5H,1H3;7H,1-2H3;1H4. The Bertz CT molecular complexity index is 766. The van der Waals surface area contributed by atoms with E-state index in [1.807, 2.05) is 0 Å². The first-order chi connectivity index (χ1) is 9.90. The summed E-state index contributed by atoms with van der Waals surface area (Å²) in [4.78, 5) is 44.8. The van der Waals surface area contributed by atoms with Crippen LogP contribution < -0.4 is 16.2 Å². The number of imide groups is 1. The Morgan fingerprint density at radius 1 is 0.909 bits per heavy atom. The number of fused-ring (bicyclic) bond motifs is 1. The molecule has 1 N–H and O–H groups in total. The topological polar surface area (TPSA) is 83.6 Å². The van der Waals surface area contributed by atoms with Crippen LogP contribution in [-0.4, -0.2) is 30.8 Å². The van der Waals surface area contributed by atoms with Gasteiger partial charge in [-0.25, -0.2) is 0 Å². The molecule has 0 aromatic heterocycles. The highest BCUT2D eigenvalue weighted by atomic mass is 16.2. The summed E-state index contributed by atoms with van der Waals surface area (Å²) in [6.45, 7) is 1.63. The van der Waals surface area contributed by atoms with Gasteiger partial charge in [0.15, 0.2) is 0 Å². The zero-order valence-corrected chi connectivity index (χ0v) is 11.9. The van der Waals surface area contributed by atoms with E-state index in [4.69, 9.17) is 0 Å². The van der Waals surface area contributed by atoms with Crippen LogP contribution in [0.15, 0.2) is 33.9 Å². The molecular weight excluding hydrogens is 284 g/mol. The molecule has 0 radical (unpaired) electrons. The van der Waals surface area contributed by atoms with Crippen molar-refractivity contribution in [3.8, 4) is 0 Å². The lowest BCUT2D eigenvalue weighted by Gasteiger charge is -2.03. The van der Waals surface area contributed by atoms with Crippen LogP contribution >= 0.6 is 0 Å². The summed E-state index contributed by atoms with van der Waals surface area (Å²) >= 11 is 0. The first-order valence-corrected chi connectivity index (χ1v) is 6.29. The summed E-state index contributed by atoms with van der Waals surface area (Å²) in [6, 6.07) is 6.84. The summed E-state index contributed by atoms with van der Waals surface area (Å²) in [5, 5.41) is 2.64. The number of hydrogen-bond donors (Lipinski definition) is 1. The third-order valence-electron chi connectivity index (χ3n) is 3.40. The lowest BCUT2D eigenvalue weighted by atomic mass is 10.1. The van der Waals surface area contributed by atoms with Crippen molar-refractivity contribution in [3.05, 3.63) is 61.4 Å². The van der Waals surface area contributed by atoms with Gasteiger partial charge in [0.1, 0.15) is 0 Å². The minimum atomic E-state index is -0.394. The van der Waals surface area contributed by atoms with E-state index in [0.717, 1.165) is 4.90 Å². The maximum atomic E-state index is 11.3. The average Bonchev–Trinajstić information content (AvgIpc) is 2.73. The van der Waals surface area contributed by atoms with Crippen molar-refractivity contribution in [2.45, 2.75) is 14.4 Å². The van der Waals surface area contributed by atoms with Gasteiger partial charge in [0.05, 0.1) is 16.8 Å². The summed E-state index contributed by atoms with van der Waals surface area (Å²) in [6.07, 6.45) is 0. The number of anilines is 1. The van der Waals surface area contributed by atoms with Gasteiger partial charge >= 0.3 is 0 Å². The van der Waals surface area contributed by atoms with E-state index in [2.05, 4.69) is 5.32 Å². The molecule has 6 heteroatoms. The predicted octanol–water partition coefficient (Wildman–Crippen LogP) is 1.18. The van der Waals surface area contributed by atoms with Crippen molar-refractivity contribution in [1.29, 1.82) is 0 Å². The number of carbonyl (C=O) groups is 2. The zero-order valence-electron chi connectivity index (χ0n) is 11.9. The summed E-state index contributed by atoms with van der Waals surface area (Å²) < 4.78 is 0. The van der Waals surface area contributed by atoms with Gasteiger partial charge in [0.25, 0.3) is 11.8 Å². The Morgan fingerprint density at radius 3 is 1.68 bits per heavy atom. The van der Waals surface area contributed by atoms with Crippen molar-refractivity contribution in [1.82, 2.24) is 4.90 Å². The molecule has 0 fully saturated rings. The fraction of sp³-hybridized carbons (Fsp3) is 0.250.